The van der Waals surface area contributed by atoms with Crippen molar-refractivity contribution in [2.24, 2.45) is 0 Å². The third kappa shape index (κ3) is 4.60. The number of ether oxygens (including phenoxy) is 1. The molecule has 0 bridgehead atoms. The summed E-state index contributed by atoms with van der Waals surface area (Å²) < 4.78 is 6.04. The Balaban J connectivity index is 1.56. The van der Waals surface area contributed by atoms with Gasteiger partial charge in [0.05, 0.1) is 6.10 Å². The monoisotopic (exact) mass is 344 g/mol. The molecule has 1 aromatic carbocycles. The van der Waals surface area contributed by atoms with E-state index in [1.54, 1.807) is 0 Å². The van der Waals surface area contributed by atoms with Crippen LogP contribution in [0.2, 0.25) is 0 Å². The van der Waals surface area contributed by atoms with E-state index in [9.17, 15) is 9.59 Å². The van der Waals surface area contributed by atoms with Gasteiger partial charge in [-0.2, -0.15) is 0 Å². The van der Waals surface area contributed by atoms with Gasteiger partial charge < -0.3 is 15.4 Å². The maximum absolute atomic E-state index is 12.5. The zero-order chi connectivity index (χ0) is 17.6. The zero-order valence-electron chi connectivity index (χ0n) is 14.9. The second-order valence-corrected chi connectivity index (χ2v) is 7.07. The molecule has 1 aliphatic heterocycles. The third-order valence-corrected chi connectivity index (χ3v) is 5.20. The molecule has 1 aliphatic carbocycles. The predicted octanol–water partition coefficient (Wildman–Crippen LogP) is 3.36. The Bertz CT molecular complexity index is 611. The van der Waals surface area contributed by atoms with Crippen molar-refractivity contribution in [3.63, 3.8) is 0 Å². The van der Waals surface area contributed by atoms with Crippen molar-refractivity contribution in [3.8, 4) is 0 Å². The van der Waals surface area contributed by atoms with E-state index in [1.165, 1.54) is 19.3 Å². The number of nitrogens with one attached hydrogen (secondary N) is 2. The van der Waals surface area contributed by atoms with E-state index in [0.717, 1.165) is 24.1 Å². The van der Waals surface area contributed by atoms with Gasteiger partial charge in [0.1, 0.15) is 6.10 Å². The molecule has 2 amide bonds. The Kier molecular flexibility index (Phi) is 6.08. The molecule has 136 valence electrons. The summed E-state index contributed by atoms with van der Waals surface area (Å²) in [4.78, 5) is 24.4. The van der Waals surface area contributed by atoms with E-state index >= 15 is 0 Å². The summed E-state index contributed by atoms with van der Waals surface area (Å²) in [6.45, 7) is 2.45. The maximum Gasteiger partial charge on any atom is 0.249 e. The molecule has 3 rings (SSSR count). The first-order valence-corrected chi connectivity index (χ1v) is 9.49. The van der Waals surface area contributed by atoms with Crippen LogP contribution in [0.1, 0.15) is 63.4 Å². The number of amides is 2. The van der Waals surface area contributed by atoms with E-state index in [1.807, 2.05) is 31.2 Å². The number of hydrogen-bond donors (Lipinski definition) is 2. The van der Waals surface area contributed by atoms with Gasteiger partial charge in [-0.05, 0) is 30.9 Å². The fourth-order valence-electron chi connectivity index (χ4n) is 3.80. The van der Waals surface area contributed by atoms with Crippen LogP contribution in [-0.2, 0) is 14.3 Å². The summed E-state index contributed by atoms with van der Waals surface area (Å²) in [6, 6.07) is 7.79. The van der Waals surface area contributed by atoms with Crippen molar-refractivity contribution >= 4 is 17.5 Å². The molecular weight excluding hydrogens is 316 g/mol. The Hall–Kier alpha value is -1.88. The fraction of sp³-hybridized carbons (Fsp3) is 0.600. The lowest BCUT2D eigenvalue weighted by Crippen LogP contribution is -2.41. The lowest BCUT2D eigenvalue weighted by molar-refractivity contribution is -0.138. The van der Waals surface area contributed by atoms with Crippen LogP contribution in [0, 0.1) is 0 Å². The molecule has 0 saturated heterocycles. The van der Waals surface area contributed by atoms with Crippen molar-refractivity contribution in [1.29, 1.82) is 0 Å². The summed E-state index contributed by atoms with van der Waals surface area (Å²) in [5.41, 5.74) is 1.94. The van der Waals surface area contributed by atoms with Gasteiger partial charge in [0.25, 0.3) is 0 Å². The number of anilines is 1. The molecule has 25 heavy (non-hydrogen) atoms. The van der Waals surface area contributed by atoms with Crippen LogP contribution in [-0.4, -0.2) is 30.6 Å². The van der Waals surface area contributed by atoms with Crippen molar-refractivity contribution in [3.05, 3.63) is 29.8 Å². The molecule has 5 nitrogen and oxygen atoms in total. The van der Waals surface area contributed by atoms with Crippen LogP contribution < -0.4 is 10.6 Å². The Morgan fingerprint density at radius 3 is 2.80 bits per heavy atom. The number of fused-ring (bicyclic) bond motifs is 1. The molecule has 0 spiro atoms. The number of carbonyl (C=O) groups excluding carboxylic acids is 2. The van der Waals surface area contributed by atoms with E-state index in [-0.39, 0.29) is 23.8 Å². The summed E-state index contributed by atoms with van der Waals surface area (Å²) in [5.74, 6) is -0.0407. The molecule has 0 aromatic heterocycles. The quantitative estimate of drug-likeness (QED) is 0.831. The standard InChI is InChI=1S/C20H28N2O3/c1-2-18(25-15-8-4-3-5-9-15)20(24)21-13-14-12-19(23)22-17-11-7-6-10-16(14)17/h6-7,10-11,14-15,18H,2-5,8-9,12-13H2,1H3,(H,21,24)(H,22,23). The third-order valence-electron chi connectivity index (χ3n) is 5.20. The van der Waals surface area contributed by atoms with Crippen molar-refractivity contribution in [1.82, 2.24) is 5.32 Å². The second-order valence-electron chi connectivity index (χ2n) is 7.07. The van der Waals surface area contributed by atoms with E-state index < -0.39 is 6.10 Å². The predicted molar refractivity (Wildman–Crippen MR) is 97.5 cm³/mol. The molecule has 2 unspecified atom stereocenters. The van der Waals surface area contributed by atoms with Crippen LogP contribution in [0.25, 0.3) is 0 Å². The van der Waals surface area contributed by atoms with Crippen LogP contribution in [0.3, 0.4) is 0 Å². The highest BCUT2D eigenvalue weighted by molar-refractivity contribution is 5.94. The normalized spacial score (nSPS) is 22.0. The summed E-state index contributed by atoms with van der Waals surface area (Å²) >= 11 is 0. The highest BCUT2D eigenvalue weighted by Crippen LogP contribution is 2.31. The molecule has 1 fully saturated rings. The highest BCUT2D eigenvalue weighted by atomic mass is 16.5. The Morgan fingerprint density at radius 1 is 1.28 bits per heavy atom. The van der Waals surface area contributed by atoms with Crippen LogP contribution >= 0.6 is 0 Å². The minimum Gasteiger partial charge on any atom is -0.365 e. The zero-order valence-corrected chi connectivity index (χ0v) is 14.9. The molecule has 0 radical (unpaired) electrons. The van der Waals surface area contributed by atoms with E-state index in [2.05, 4.69) is 10.6 Å². The highest BCUT2D eigenvalue weighted by Gasteiger charge is 2.27. The molecule has 2 atom stereocenters. The maximum atomic E-state index is 12.5. The Morgan fingerprint density at radius 2 is 2.04 bits per heavy atom. The minimum absolute atomic E-state index is 0.00319. The average molecular weight is 344 g/mol. The first kappa shape index (κ1) is 17.9. The van der Waals surface area contributed by atoms with Crippen molar-refractivity contribution in [2.45, 2.75) is 70.0 Å². The van der Waals surface area contributed by atoms with E-state index in [4.69, 9.17) is 4.74 Å². The molecular formula is C20H28N2O3. The van der Waals surface area contributed by atoms with Crippen LogP contribution in [0.5, 0.6) is 0 Å². The van der Waals surface area contributed by atoms with Gasteiger partial charge in [0.2, 0.25) is 11.8 Å². The largest absolute Gasteiger partial charge is 0.365 e. The number of rotatable bonds is 6. The van der Waals surface area contributed by atoms with Gasteiger partial charge in [-0.1, -0.05) is 44.4 Å². The lowest BCUT2D eigenvalue weighted by Gasteiger charge is -2.28. The SMILES string of the molecule is CCC(OC1CCCCC1)C(=O)NCC1CC(=O)Nc2ccccc21. The van der Waals surface area contributed by atoms with Gasteiger partial charge in [0.15, 0.2) is 0 Å². The van der Waals surface area contributed by atoms with Crippen molar-refractivity contribution in [2.75, 3.05) is 11.9 Å². The summed E-state index contributed by atoms with van der Waals surface area (Å²) in [6.07, 6.45) is 6.65. The van der Waals surface area contributed by atoms with Gasteiger partial charge in [0, 0.05) is 24.6 Å². The molecule has 5 heteroatoms. The number of hydrogen-bond acceptors (Lipinski definition) is 3. The number of para-hydroxylation sites is 1. The first-order valence-electron chi connectivity index (χ1n) is 9.49. The average Bonchev–Trinajstić information content (AvgIpc) is 2.64. The van der Waals surface area contributed by atoms with Crippen LogP contribution in [0.4, 0.5) is 5.69 Å². The lowest BCUT2D eigenvalue weighted by atomic mass is 9.90. The van der Waals surface area contributed by atoms with Gasteiger partial charge in [-0.15, -0.1) is 0 Å². The topological polar surface area (TPSA) is 67.4 Å². The Labute approximate surface area is 149 Å². The molecule has 1 aromatic rings. The smallest absolute Gasteiger partial charge is 0.249 e. The van der Waals surface area contributed by atoms with Gasteiger partial charge >= 0.3 is 0 Å². The summed E-state index contributed by atoms with van der Waals surface area (Å²) in [7, 11) is 0. The molecule has 1 saturated carbocycles. The molecule has 2 N–H and O–H groups in total. The minimum atomic E-state index is -0.393. The van der Waals surface area contributed by atoms with E-state index in [0.29, 0.717) is 19.4 Å². The second kappa shape index (κ2) is 8.48. The summed E-state index contributed by atoms with van der Waals surface area (Å²) in [5, 5.41) is 5.90. The molecule has 2 aliphatic rings. The number of benzene rings is 1. The fourth-order valence-corrected chi connectivity index (χ4v) is 3.80. The van der Waals surface area contributed by atoms with Gasteiger partial charge in [-0.25, -0.2) is 0 Å². The number of carbonyl (C=O) groups is 2. The van der Waals surface area contributed by atoms with Gasteiger partial charge in [-0.3, -0.25) is 9.59 Å². The van der Waals surface area contributed by atoms with Crippen LogP contribution in [0.15, 0.2) is 24.3 Å². The first-order chi connectivity index (χ1) is 12.2. The van der Waals surface area contributed by atoms with Crippen molar-refractivity contribution < 1.29 is 14.3 Å². The molecule has 1 heterocycles.